The van der Waals surface area contributed by atoms with Crippen molar-refractivity contribution < 1.29 is 0 Å². The SMILES string of the molecule is CN(C)c1nccc(N(C)C2CCN(CCc3cn(C)nn3)C2)n1. The molecule has 0 amide bonds. The molecule has 0 aliphatic carbocycles. The van der Waals surface area contributed by atoms with Gasteiger partial charge >= 0.3 is 0 Å². The van der Waals surface area contributed by atoms with Crippen LogP contribution in [0.4, 0.5) is 11.8 Å². The molecule has 2 aromatic heterocycles. The Morgan fingerprint density at radius 1 is 1.29 bits per heavy atom. The van der Waals surface area contributed by atoms with Crippen LogP contribution < -0.4 is 9.80 Å². The topological polar surface area (TPSA) is 66.2 Å². The van der Waals surface area contributed by atoms with Gasteiger partial charge in [0.1, 0.15) is 5.82 Å². The lowest BCUT2D eigenvalue weighted by Crippen LogP contribution is -2.35. The fourth-order valence-electron chi connectivity index (χ4n) is 3.05. The quantitative estimate of drug-likeness (QED) is 0.760. The highest BCUT2D eigenvalue weighted by atomic mass is 15.4. The summed E-state index contributed by atoms with van der Waals surface area (Å²) >= 11 is 0. The largest absolute Gasteiger partial charge is 0.355 e. The normalized spacial score (nSPS) is 18.1. The van der Waals surface area contributed by atoms with Crippen LogP contribution in [0.1, 0.15) is 12.1 Å². The molecule has 0 spiro atoms. The molecule has 1 saturated heterocycles. The maximum absolute atomic E-state index is 4.64. The van der Waals surface area contributed by atoms with E-state index in [1.54, 1.807) is 4.68 Å². The van der Waals surface area contributed by atoms with E-state index in [2.05, 4.69) is 37.1 Å². The summed E-state index contributed by atoms with van der Waals surface area (Å²) in [7, 11) is 7.95. The standard InChI is InChI=1S/C16H26N8/c1-21(2)16-17-8-5-15(18-16)23(4)14-7-10-24(12-14)9-6-13-11-22(3)20-19-13/h5,8,11,14H,6-7,9-10,12H2,1-4H3. The van der Waals surface area contributed by atoms with Gasteiger partial charge in [-0.15, -0.1) is 5.10 Å². The molecule has 1 fully saturated rings. The zero-order valence-electron chi connectivity index (χ0n) is 14.9. The van der Waals surface area contributed by atoms with Gasteiger partial charge in [-0.05, 0) is 12.5 Å². The Morgan fingerprint density at radius 2 is 2.12 bits per heavy atom. The molecule has 0 radical (unpaired) electrons. The van der Waals surface area contributed by atoms with Crippen LogP contribution >= 0.6 is 0 Å². The van der Waals surface area contributed by atoms with Crippen molar-refractivity contribution >= 4 is 11.8 Å². The van der Waals surface area contributed by atoms with Crippen LogP contribution in [0.5, 0.6) is 0 Å². The number of likely N-dealkylation sites (tertiary alicyclic amines) is 1. The van der Waals surface area contributed by atoms with Crippen molar-refractivity contribution in [3.8, 4) is 0 Å². The molecular formula is C16H26N8. The summed E-state index contributed by atoms with van der Waals surface area (Å²) in [6.07, 6.45) is 5.92. The van der Waals surface area contributed by atoms with Crippen LogP contribution in [0, 0.1) is 0 Å². The van der Waals surface area contributed by atoms with Gasteiger partial charge in [0.2, 0.25) is 5.95 Å². The number of aryl methyl sites for hydroxylation is 1. The summed E-state index contributed by atoms with van der Waals surface area (Å²) in [5.41, 5.74) is 1.06. The summed E-state index contributed by atoms with van der Waals surface area (Å²) in [6.45, 7) is 3.19. The molecule has 2 aromatic rings. The first-order valence-corrected chi connectivity index (χ1v) is 8.33. The Morgan fingerprint density at radius 3 is 2.83 bits per heavy atom. The summed E-state index contributed by atoms with van der Waals surface area (Å²) < 4.78 is 1.76. The number of anilines is 2. The fourth-order valence-corrected chi connectivity index (χ4v) is 3.05. The molecule has 8 heteroatoms. The van der Waals surface area contributed by atoms with Crippen molar-refractivity contribution in [1.29, 1.82) is 0 Å². The zero-order valence-corrected chi connectivity index (χ0v) is 14.9. The first-order chi connectivity index (χ1) is 11.5. The van der Waals surface area contributed by atoms with Gasteiger partial charge in [0.25, 0.3) is 0 Å². The van der Waals surface area contributed by atoms with Gasteiger partial charge in [-0.25, -0.2) is 4.98 Å². The molecule has 1 atom stereocenters. The van der Waals surface area contributed by atoms with Crippen LogP contribution in [-0.2, 0) is 13.5 Å². The van der Waals surface area contributed by atoms with Gasteiger partial charge in [-0.1, -0.05) is 5.21 Å². The van der Waals surface area contributed by atoms with Gasteiger partial charge in [0, 0.05) is 72.7 Å². The third-order valence-electron chi connectivity index (χ3n) is 4.52. The molecular weight excluding hydrogens is 304 g/mol. The van der Waals surface area contributed by atoms with Gasteiger partial charge < -0.3 is 14.7 Å². The lowest BCUT2D eigenvalue weighted by molar-refractivity contribution is 0.336. The minimum atomic E-state index is 0.483. The van der Waals surface area contributed by atoms with E-state index in [4.69, 9.17) is 0 Å². The number of nitrogens with zero attached hydrogens (tertiary/aromatic N) is 8. The molecule has 0 N–H and O–H groups in total. The molecule has 8 nitrogen and oxygen atoms in total. The van der Waals surface area contributed by atoms with Gasteiger partial charge in [0.15, 0.2) is 0 Å². The molecule has 130 valence electrons. The Hall–Kier alpha value is -2.22. The second-order valence-electron chi connectivity index (χ2n) is 6.60. The zero-order chi connectivity index (χ0) is 17.1. The van der Waals surface area contributed by atoms with Crippen LogP contribution in [0.2, 0.25) is 0 Å². The molecule has 1 aliphatic heterocycles. The molecule has 1 aliphatic rings. The predicted octanol–water partition coefficient (Wildman–Crippen LogP) is 0.424. The second kappa shape index (κ2) is 7.12. The van der Waals surface area contributed by atoms with Gasteiger partial charge in [-0.3, -0.25) is 4.68 Å². The number of hydrogen-bond acceptors (Lipinski definition) is 7. The minimum Gasteiger partial charge on any atom is -0.355 e. The lowest BCUT2D eigenvalue weighted by Gasteiger charge is -2.26. The molecule has 3 rings (SSSR count). The van der Waals surface area contributed by atoms with Crippen LogP contribution in [0.3, 0.4) is 0 Å². The Balaban J connectivity index is 1.55. The molecule has 24 heavy (non-hydrogen) atoms. The maximum atomic E-state index is 4.64. The van der Waals surface area contributed by atoms with E-state index < -0.39 is 0 Å². The van der Waals surface area contributed by atoms with Crippen LogP contribution in [0.15, 0.2) is 18.5 Å². The molecule has 1 unspecified atom stereocenters. The van der Waals surface area contributed by atoms with Crippen LogP contribution in [-0.4, -0.2) is 76.7 Å². The maximum Gasteiger partial charge on any atom is 0.226 e. The Bertz CT molecular complexity index is 668. The summed E-state index contributed by atoms with van der Waals surface area (Å²) in [5, 5.41) is 8.15. The number of aromatic nitrogens is 5. The highest BCUT2D eigenvalue weighted by molar-refractivity contribution is 5.43. The third-order valence-corrected chi connectivity index (χ3v) is 4.52. The highest BCUT2D eigenvalue weighted by Crippen LogP contribution is 2.21. The van der Waals surface area contributed by atoms with E-state index in [0.717, 1.165) is 49.9 Å². The van der Waals surface area contributed by atoms with Crippen molar-refractivity contribution in [2.45, 2.75) is 18.9 Å². The monoisotopic (exact) mass is 330 g/mol. The Labute approximate surface area is 143 Å². The van der Waals surface area contributed by atoms with Crippen molar-refractivity contribution in [2.75, 3.05) is 50.6 Å². The smallest absolute Gasteiger partial charge is 0.226 e. The first-order valence-electron chi connectivity index (χ1n) is 8.33. The summed E-state index contributed by atoms with van der Waals surface area (Å²) in [5.74, 6) is 1.73. The van der Waals surface area contributed by atoms with Crippen LogP contribution in [0.25, 0.3) is 0 Å². The van der Waals surface area contributed by atoms with E-state index in [1.807, 2.05) is 44.5 Å². The highest BCUT2D eigenvalue weighted by Gasteiger charge is 2.26. The third kappa shape index (κ3) is 3.81. The number of rotatable bonds is 6. The molecule has 3 heterocycles. The van der Waals surface area contributed by atoms with E-state index >= 15 is 0 Å². The van der Waals surface area contributed by atoms with Gasteiger partial charge in [-0.2, -0.15) is 4.98 Å². The van der Waals surface area contributed by atoms with E-state index in [1.165, 1.54) is 0 Å². The minimum absolute atomic E-state index is 0.483. The average Bonchev–Trinajstić information content (AvgIpc) is 3.21. The van der Waals surface area contributed by atoms with E-state index in [0.29, 0.717) is 6.04 Å². The van der Waals surface area contributed by atoms with Gasteiger partial charge in [0.05, 0.1) is 5.69 Å². The van der Waals surface area contributed by atoms with Crippen molar-refractivity contribution in [3.63, 3.8) is 0 Å². The fraction of sp³-hybridized carbons (Fsp3) is 0.625. The number of hydrogen-bond donors (Lipinski definition) is 0. The Kier molecular flexibility index (Phi) is 4.94. The second-order valence-corrected chi connectivity index (χ2v) is 6.60. The average molecular weight is 330 g/mol. The van der Waals surface area contributed by atoms with Crippen molar-refractivity contribution in [2.24, 2.45) is 7.05 Å². The van der Waals surface area contributed by atoms with E-state index in [9.17, 15) is 0 Å². The summed E-state index contributed by atoms with van der Waals surface area (Å²) in [4.78, 5) is 15.6. The predicted molar refractivity (Wildman–Crippen MR) is 94.3 cm³/mol. The summed E-state index contributed by atoms with van der Waals surface area (Å²) in [6, 6.07) is 2.46. The van der Waals surface area contributed by atoms with Crippen molar-refractivity contribution in [3.05, 3.63) is 24.2 Å². The van der Waals surface area contributed by atoms with Crippen molar-refractivity contribution in [1.82, 2.24) is 29.9 Å². The lowest BCUT2D eigenvalue weighted by atomic mass is 10.2. The first kappa shape index (κ1) is 16.6. The molecule has 0 bridgehead atoms. The number of likely N-dealkylation sites (N-methyl/N-ethyl adjacent to an activating group) is 1. The molecule has 0 aromatic carbocycles. The van der Waals surface area contributed by atoms with E-state index in [-0.39, 0.29) is 0 Å². The molecule has 0 saturated carbocycles.